The van der Waals surface area contributed by atoms with Gasteiger partial charge in [0.2, 0.25) is 5.91 Å². The molecule has 0 aromatic heterocycles. The molecule has 5 heteroatoms. The van der Waals surface area contributed by atoms with Gasteiger partial charge in [0.1, 0.15) is 0 Å². The highest BCUT2D eigenvalue weighted by Crippen LogP contribution is 1.95. The molecule has 1 unspecified atom stereocenters. The Hall–Kier alpha value is -0.650. The molecule has 0 fully saturated rings. The molecule has 0 saturated heterocycles. The van der Waals surface area contributed by atoms with Gasteiger partial charge in [0.25, 0.3) is 0 Å². The monoisotopic (exact) mass is 246 g/mol. The van der Waals surface area contributed by atoms with Crippen LogP contribution in [0.4, 0.5) is 0 Å². The summed E-state index contributed by atoms with van der Waals surface area (Å²) in [6.45, 7) is 8.48. The molecule has 0 bridgehead atoms. The summed E-state index contributed by atoms with van der Waals surface area (Å²) in [5.74, 6) is -0.329. The maximum Gasteiger partial charge on any atom is 0.234 e. The van der Waals surface area contributed by atoms with E-state index in [1.807, 2.05) is 13.8 Å². The van der Waals surface area contributed by atoms with E-state index in [0.717, 1.165) is 13.0 Å². The Kier molecular flexibility index (Phi) is 10.1. The summed E-state index contributed by atoms with van der Waals surface area (Å²) in [6.07, 6.45) is 1.61. The van der Waals surface area contributed by atoms with Crippen molar-refractivity contribution in [1.29, 1.82) is 0 Å². The minimum Gasteiger partial charge on any atom is -0.379 e. The van der Waals surface area contributed by atoms with E-state index in [1.54, 1.807) is 0 Å². The van der Waals surface area contributed by atoms with Crippen LogP contribution in [-0.4, -0.2) is 44.4 Å². The molecule has 0 aliphatic rings. The van der Waals surface area contributed by atoms with Gasteiger partial charge >= 0.3 is 0 Å². The number of ether oxygens (including phenoxy) is 2. The number of nitrogens with two attached hydrogens (primary N) is 1. The second-order valence-electron chi connectivity index (χ2n) is 4.29. The molecule has 0 saturated carbocycles. The lowest BCUT2D eigenvalue weighted by Gasteiger charge is -2.18. The summed E-state index contributed by atoms with van der Waals surface area (Å²) in [7, 11) is 0. The van der Waals surface area contributed by atoms with E-state index in [-0.39, 0.29) is 18.0 Å². The number of primary amides is 1. The van der Waals surface area contributed by atoms with Gasteiger partial charge in [0.15, 0.2) is 0 Å². The maximum absolute atomic E-state index is 11.1. The van der Waals surface area contributed by atoms with E-state index < -0.39 is 0 Å². The van der Waals surface area contributed by atoms with E-state index in [0.29, 0.717) is 26.2 Å². The number of carbonyl (C=O) groups is 1. The Balaban J connectivity index is 3.51. The topological polar surface area (TPSA) is 73.6 Å². The van der Waals surface area contributed by atoms with Crippen LogP contribution in [0.1, 0.15) is 33.6 Å². The minimum atomic E-state index is -0.329. The van der Waals surface area contributed by atoms with Crippen molar-refractivity contribution >= 4 is 5.91 Å². The third kappa shape index (κ3) is 10.2. The van der Waals surface area contributed by atoms with Crippen LogP contribution in [0.25, 0.3) is 0 Å². The predicted molar refractivity (Wildman–Crippen MR) is 67.8 cm³/mol. The molecule has 0 heterocycles. The van der Waals surface area contributed by atoms with Crippen LogP contribution in [0, 0.1) is 0 Å². The average molecular weight is 246 g/mol. The molecule has 0 rings (SSSR count). The molecular formula is C12H26N2O3. The Bertz CT molecular complexity index is 198. The molecule has 0 aliphatic heterocycles. The first-order valence-corrected chi connectivity index (χ1v) is 6.28. The van der Waals surface area contributed by atoms with E-state index in [4.69, 9.17) is 15.2 Å². The molecule has 17 heavy (non-hydrogen) atoms. The molecule has 102 valence electrons. The third-order valence-corrected chi connectivity index (χ3v) is 2.15. The van der Waals surface area contributed by atoms with Gasteiger partial charge in [-0.25, -0.2) is 0 Å². The molecule has 5 nitrogen and oxygen atoms in total. The van der Waals surface area contributed by atoms with Gasteiger partial charge in [-0.05, 0) is 12.8 Å². The second-order valence-corrected chi connectivity index (χ2v) is 4.29. The largest absolute Gasteiger partial charge is 0.379 e. The number of nitrogens with one attached hydrogen (secondary N) is 1. The summed E-state index contributed by atoms with van der Waals surface area (Å²) in [5, 5.41) is 3.10. The molecular weight excluding hydrogens is 220 g/mol. The summed E-state index contributed by atoms with van der Waals surface area (Å²) < 4.78 is 10.6. The summed E-state index contributed by atoms with van der Waals surface area (Å²) >= 11 is 0. The first-order valence-electron chi connectivity index (χ1n) is 6.28. The third-order valence-electron chi connectivity index (χ3n) is 2.15. The number of amides is 1. The zero-order chi connectivity index (χ0) is 13.1. The van der Waals surface area contributed by atoms with E-state index in [2.05, 4.69) is 12.2 Å². The van der Waals surface area contributed by atoms with Crippen molar-refractivity contribution in [2.75, 3.05) is 26.4 Å². The zero-order valence-electron chi connectivity index (χ0n) is 11.2. The molecule has 0 aliphatic carbocycles. The van der Waals surface area contributed by atoms with Crippen molar-refractivity contribution in [3.63, 3.8) is 0 Å². The van der Waals surface area contributed by atoms with Gasteiger partial charge in [0.05, 0.1) is 19.3 Å². The van der Waals surface area contributed by atoms with Crippen molar-refractivity contribution in [3.05, 3.63) is 0 Å². The second kappa shape index (κ2) is 10.5. The van der Waals surface area contributed by atoms with Gasteiger partial charge < -0.3 is 20.5 Å². The van der Waals surface area contributed by atoms with Crippen molar-refractivity contribution in [2.24, 2.45) is 5.73 Å². The van der Waals surface area contributed by atoms with Gasteiger partial charge in [-0.2, -0.15) is 0 Å². The minimum absolute atomic E-state index is 0.236. The van der Waals surface area contributed by atoms with Crippen molar-refractivity contribution in [2.45, 2.75) is 45.7 Å². The van der Waals surface area contributed by atoms with Crippen LogP contribution < -0.4 is 11.1 Å². The lowest BCUT2D eigenvalue weighted by molar-refractivity contribution is -0.120. The summed E-state index contributed by atoms with van der Waals surface area (Å²) in [5.41, 5.74) is 5.28. The molecule has 1 atom stereocenters. The Morgan fingerprint density at radius 2 is 1.76 bits per heavy atom. The number of hydrogen-bond donors (Lipinski definition) is 2. The van der Waals surface area contributed by atoms with Crippen LogP contribution in [-0.2, 0) is 14.3 Å². The molecule has 1 amide bonds. The van der Waals surface area contributed by atoms with Gasteiger partial charge in [-0.1, -0.05) is 20.8 Å². The first-order chi connectivity index (χ1) is 8.07. The highest BCUT2D eigenvalue weighted by atomic mass is 16.5. The molecule has 0 aromatic carbocycles. The Morgan fingerprint density at radius 3 is 2.24 bits per heavy atom. The van der Waals surface area contributed by atoms with Gasteiger partial charge in [-0.15, -0.1) is 0 Å². The number of hydrogen-bond acceptors (Lipinski definition) is 4. The van der Waals surface area contributed by atoms with E-state index >= 15 is 0 Å². The summed E-state index contributed by atoms with van der Waals surface area (Å²) in [6, 6.07) is -0.0769. The predicted octanol–water partition coefficient (Wildman–Crippen LogP) is 0.672. The highest BCUT2D eigenvalue weighted by Gasteiger charge is 2.15. The number of rotatable bonds is 11. The lowest BCUT2D eigenvalue weighted by atomic mass is 10.2. The van der Waals surface area contributed by atoms with Crippen LogP contribution in [0.3, 0.4) is 0 Å². The van der Waals surface area contributed by atoms with Crippen molar-refractivity contribution < 1.29 is 14.3 Å². The SMILES string of the molecule is CCCOCCOCCC(NC(C)C)C(N)=O. The summed E-state index contributed by atoms with van der Waals surface area (Å²) in [4.78, 5) is 11.1. The smallest absolute Gasteiger partial charge is 0.234 e. The Morgan fingerprint density at radius 1 is 1.18 bits per heavy atom. The lowest BCUT2D eigenvalue weighted by Crippen LogP contribution is -2.45. The van der Waals surface area contributed by atoms with Crippen molar-refractivity contribution in [1.82, 2.24) is 5.32 Å². The molecule has 3 N–H and O–H groups in total. The van der Waals surface area contributed by atoms with Crippen LogP contribution >= 0.6 is 0 Å². The normalized spacial score (nSPS) is 12.9. The quantitative estimate of drug-likeness (QED) is 0.526. The van der Waals surface area contributed by atoms with E-state index in [9.17, 15) is 4.79 Å². The van der Waals surface area contributed by atoms with Crippen LogP contribution in [0.5, 0.6) is 0 Å². The molecule has 0 spiro atoms. The maximum atomic E-state index is 11.1. The number of carbonyl (C=O) groups excluding carboxylic acids is 1. The first kappa shape index (κ1) is 16.4. The molecule has 0 radical (unpaired) electrons. The zero-order valence-corrected chi connectivity index (χ0v) is 11.2. The van der Waals surface area contributed by atoms with Crippen molar-refractivity contribution in [3.8, 4) is 0 Å². The Labute approximate surface area is 104 Å². The standard InChI is InChI=1S/C12H26N2O3/c1-4-6-16-8-9-17-7-5-11(12(13)15)14-10(2)3/h10-11,14H,4-9H2,1-3H3,(H2,13,15). The average Bonchev–Trinajstić information content (AvgIpc) is 2.25. The van der Waals surface area contributed by atoms with Gasteiger partial charge in [0, 0.05) is 19.3 Å². The highest BCUT2D eigenvalue weighted by molar-refractivity contribution is 5.79. The fraction of sp³-hybridized carbons (Fsp3) is 0.917. The van der Waals surface area contributed by atoms with Crippen LogP contribution in [0.2, 0.25) is 0 Å². The molecule has 0 aromatic rings. The van der Waals surface area contributed by atoms with E-state index in [1.165, 1.54) is 0 Å². The fourth-order valence-corrected chi connectivity index (χ4v) is 1.38. The fourth-order valence-electron chi connectivity index (χ4n) is 1.38. The van der Waals surface area contributed by atoms with Crippen LogP contribution in [0.15, 0.2) is 0 Å². The van der Waals surface area contributed by atoms with Gasteiger partial charge in [-0.3, -0.25) is 4.79 Å².